The van der Waals surface area contributed by atoms with Crippen molar-refractivity contribution in [2.45, 2.75) is 32.4 Å². The van der Waals surface area contributed by atoms with Gasteiger partial charge < -0.3 is 10.2 Å². The van der Waals surface area contributed by atoms with Crippen LogP contribution in [0.15, 0.2) is 30.4 Å². The highest BCUT2D eigenvalue weighted by Gasteiger charge is 2.39. The molecule has 2 aliphatic rings. The number of nitrogens with one attached hydrogen (secondary N) is 2. The van der Waals surface area contributed by atoms with Gasteiger partial charge >= 0.3 is 0 Å². The molecule has 1 fully saturated rings. The molecule has 2 heterocycles. The van der Waals surface area contributed by atoms with Crippen molar-refractivity contribution in [1.82, 2.24) is 10.2 Å². The number of imide groups is 1. The van der Waals surface area contributed by atoms with E-state index in [4.69, 9.17) is 0 Å². The Labute approximate surface area is 138 Å². The number of carbonyl (C=O) groups is 4. The average molecular weight is 327 g/mol. The van der Waals surface area contributed by atoms with E-state index in [0.717, 1.165) is 5.56 Å². The lowest BCUT2D eigenvalue weighted by molar-refractivity contribution is -0.136. The number of fused-ring (bicyclic) bond motifs is 1. The van der Waals surface area contributed by atoms with Crippen LogP contribution in [0, 0.1) is 0 Å². The number of anilines is 1. The zero-order valence-corrected chi connectivity index (χ0v) is 13.2. The first-order valence-electron chi connectivity index (χ1n) is 7.71. The quantitative estimate of drug-likeness (QED) is 0.638. The molecule has 0 bridgehead atoms. The first kappa shape index (κ1) is 15.9. The Hall–Kier alpha value is -2.96. The van der Waals surface area contributed by atoms with Gasteiger partial charge in [-0.05, 0) is 37.1 Å². The predicted molar refractivity (Wildman–Crippen MR) is 85.9 cm³/mol. The van der Waals surface area contributed by atoms with Crippen LogP contribution in [0.1, 0.15) is 35.7 Å². The molecular formula is C17H17N3O4. The predicted octanol–water partition coefficient (Wildman–Crippen LogP) is 0.962. The summed E-state index contributed by atoms with van der Waals surface area (Å²) in [4.78, 5) is 48.9. The summed E-state index contributed by atoms with van der Waals surface area (Å²) in [6.45, 7) is 2.06. The van der Waals surface area contributed by atoms with E-state index in [2.05, 4.69) is 10.6 Å². The van der Waals surface area contributed by atoms with Gasteiger partial charge in [0.05, 0.1) is 0 Å². The van der Waals surface area contributed by atoms with E-state index >= 15 is 0 Å². The van der Waals surface area contributed by atoms with Gasteiger partial charge in [-0.15, -0.1) is 0 Å². The van der Waals surface area contributed by atoms with Crippen molar-refractivity contribution >= 4 is 29.3 Å². The van der Waals surface area contributed by atoms with E-state index in [1.54, 1.807) is 31.2 Å². The first-order chi connectivity index (χ1) is 11.5. The fourth-order valence-electron chi connectivity index (χ4n) is 2.97. The van der Waals surface area contributed by atoms with Crippen molar-refractivity contribution in [1.29, 1.82) is 0 Å². The number of nitrogens with zero attached hydrogens (tertiary/aromatic N) is 1. The summed E-state index contributed by atoms with van der Waals surface area (Å²) in [6.07, 6.45) is 3.57. The van der Waals surface area contributed by atoms with Crippen molar-refractivity contribution in [3.8, 4) is 0 Å². The summed E-state index contributed by atoms with van der Waals surface area (Å²) in [5, 5.41) is 4.95. The fraction of sp³-hybridized carbons (Fsp3) is 0.294. The van der Waals surface area contributed by atoms with Crippen LogP contribution < -0.4 is 10.6 Å². The van der Waals surface area contributed by atoms with Crippen molar-refractivity contribution < 1.29 is 19.2 Å². The molecule has 0 saturated carbocycles. The Kier molecular flexibility index (Phi) is 4.16. The van der Waals surface area contributed by atoms with Gasteiger partial charge in [-0.1, -0.05) is 12.1 Å². The molecule has 24 heavy (non-hydrogen) atoms. The molecule has 7 heteroatoms. The number of piperidine rings is 1. The monoisotopic (exact) mass is 327 g/mol. The summed E-state index contributed by atoms with van der Waals surface area (Å²) in [5.74, 6) is -1.28. The van der Waals surface area contributed by atoms with Crippen LogP contribution in [-0.4, -0.2) is 34.6 Å². The molecule has 2 aliphatic heterocycles. The summed E-state index contributed by atoms with van der Waals surface area (Å²) in [6, 6.07) is 4.47. The lowest BCUT2D eigenvalue weighted by Crippen LogP contribution is -2.52. The van der Waals surface area contributed by atoms with Crippen LogP contribution in [0.4, 0.5) is 5.69 Å². The second-order valence-corrected chi connectivity index (χ2v) is 5.76. The van der Waals surface area contributed by atoms with Gasteiger partial charge in [0.25, 0.3) is 5.91 Å². The minimum Gasteiger partial charge on any atom is -0.322 e. The van der Waals surface area contributed by atoms with E-state index in [0.29, 0.717) is 24.2 Å². The topological polar surface area (TPSA) is 95.6 Å². The number of benzene rings is 1. The number of rotatable bonds is 3. The lowest BCUT2D eigenvalue weighted by Gasteiger charge is -2.29. The molecule has 124 valence electrons. The molecule has 7 nitrogen and oxygen atoms in total. The Morgan fingerprint density at radius 2 is 2.12 bits per heavy atom. The first-order valence-corrected chi connectivity index (χ1v) is 7.71. The molecule has 1 aromatic carbocycles. The van der Waals surface area contributed by atoms with E-state index in [-0.39, 0.29) is 24.1 Å². The summed E-state index contributed by atoms with van der Waals surface area (Å²) >= 11 is 0. The number of amides is 4. The van der Waals surface area contributed by atoms with E-state index in [1.807, 2.05) is 0 Å². The zero-order chi connectivity index (χ0) is 17.3. The maximum absolute atomic E-state index is 12.6. The molecule has 3 rings (SSSR count). The molecule has 4 amide bonds. The molecular weight excluding hydrogens is 310 g/mol. The van der Waals surface area contributed by atoms with Gasteiger partial charge in [-0.2, -0.15) is 0 Å². The smallest absolute Gasteiger partial charge is 0.255 e. The SMILES string of the molecule is CC=CC(=O)Nc1ccc2c(c1)C(=O)N(C1CCC(=O)NC1=O)C2. The second kappa shape index (κ2) is 6.27. The van der Waals surface area contributed by atoms with Gasteiger partial charge in [0.1, 0.15) is 6.04 Å². The van der Waals surface area contributed by atoms with E-state index in [1.165, 1.54) is 11.0 Å². The number of allylic oxidation sites excluding steroid dienone is 1. The Morgan fingerprint density at radius 1 is 1.33 bits per heavy atom. The zero-order valence-electron chi connectivity index (χ0n) is 13.2. The molecule has 0 radical (unpaired) electrons. The van der Waals surface area contributed by atoms with Gasteiger partial charge in [-0.25, -0.2) is 0 Å². The second-order valence-electron chi connectivity index (χ2n) is 5.76. The third-order valence-corrected chi connectivity index (χ3v) is 4.11. The van der Waals surface area contributed by atoms with Gasteiger partial charge in [-0.3, -0.25) is 24.5 Å². The van der Waals surface area contributed by atoms with Crippen molar-refractivity contribution in [2.24, 2.45) is 0 Å². The van der Waals surface area contributed by atoms with E-state index in [9.17, 15) is 19.2 Å². The molecule has 0 spiro atoms. The third-order valence-electron chi connectivity index (χ3n) is 4.11. The summed E-state index contributed by atoms with van der Waals surface area (Å²) in [7, 11) is 0. The normalized spacial score (nSPS) is 20.3. The van der Waals surface area contributed by atoms with Crippen molar-refractivity contribution in [2.75, 3.05) is 5.32 Å². The molecule has 2 N–H and O–H groups in total. The highest BCUT2D eigenvalue weighted by molar-refractivity contribution is 6.06. The minimum atomic E-state index is -0.635. The fourth-order valence-corrected chi connectivity index (χ4v) is 2.97. The molecule has 1 atom stereocenters. The lowest BCUT2D eigenvalue weighted by atomic mass is 10.0. The Balaban J connectivity index is 1.79. The Morgan fingerprint density at radius 3 is 2.83 bits per heavy atom. The third kappa shape index (κ3) is 2.92. The van der Waals surface area contributed by atoms with Crippen LogP contribution >= 0.6 is 0 Å². The van der Waals surface area contributed by atoms with Crippen molar-refractivity contribution in [3.05, 3.63) is 41.5 Å². The standard InChI is InChI=1S/C17H17N3O4/c1-2-3-14(21)18-11-5-4-10-9-20(17(24)12(10)8-11)13-6-7-15(22)19-16(13)23/h2-5,8,13H,6-7,9H2,1H3,(H,18,21)(H,19,22,23). The number of carbonyl (C=O) groups excluding carboxylic acids is 4. The van der Waals surface area contributed by atoms with Crippen molar-refractivity contribution in [3.63, 3.8) is 0 Å². The highest BCUT2D eigenvalue weighted by Crippen LogP contribution is 2.29. The number of hydrogen-bond donors (Lipinski definition) is 2. The molecule has 1 saturated heterocycles. The van der Waals surface area contributed by atoms with E-state index < -0.39 is 11.9 Å². The van der Waals surface area contributed by atoms with Gasteiger partial charge in [0.15, 0.2) is 0 Å². The maximum atomic E-state index is 12.6. The summed E-state index contributed by atoms with van der Waals surface area (Å²) < 4.78 is 0. The van der Waals surface area contributed by atoms with Gasteiger partial charge in [0, 0.05) is 24.2 Å². The Bertz CT molecular complexity index is 769. The van der Waals surface area contributed by atoms with Crippen LogP contribution in [-0.2, 0) is 20.9 Å². The summed E-state index contributed by atoms with van der Waals surface area (Å²) in [5.41, 5.74) is 1.79. The maximum Gasteiger partial charge on any atom is 0.255 e. The van der Waals surface area contributed by atoms with Crippen LogP contribution in [0.5, 0.6) is 0 Å². The van der Waals surface area contributed by atoms with Crippen LogP contribution in [0.2, 0.25) is 0 Å². The molecule has 1 aromatic rings. The molecule has 0 aliphatic carbocycles. The van der Waals surface area contributed by atoms with Crippen LogP contribution in [0.3, 0.4) is 0 Å². The van der Waals surface area contributed by atoms with Crippen LogP contribution in [0.25, 0.3) is 0 Å². The molecule has 1 unspecified atom stereocenters. The minimum absolute atomic E-state index is 0.223. The van der Waals surface area contributed by atoms with Gasteiger partial charge in [0.2, 0.25) is 17.7 Å². The highest BCUT2D eigenvalue weighted by atomic mass is 16.2. The molecule has 0 aromatic heterocycles. The average Bonchev–Trinajstić information content (AvgIpc) is 2.84. The number of hydrogen-bond acceptors (Lipinski definition) is 4. The largest absolute Gasteiger partial charge is 0.322 e.